The monoisotopic (exact) mass is 441 g/mol. The first-order valence-corrected chi connectivity index (χ1v) is 10.7. The van der Waals surface area contributed by atoms with Gasteiger partial charge in [0.1, 0.15) is 17.0 Å². The molecule has 1 aliphatic heterocycles. The van der Waals surface area contributed by atoms with Gasteiger partial charge in [-0.05, 0) is 30.3 Å². The highest BCUT2D eigenvalue weighted by molar-refractivity contribution is 5.93. The molecule has 5 rings (SSSR count). The van der Waals surface area contributed by atoms with Gasteiger partial charge in [-0.2, -0.15) is 0 Å². The maximum Gasteiger partial charge on any atom is 0.227 e. The van der Waals surface area contributed by atoms with Crippen LogP contribution in [0.15, 0.2) is 55.1 Å². The molecule has 0 saturated carbocycles. The molecule has 1 amide bonds. The fourth-order valence-electron chi connectivity index (χ4n) is 3.71. The van der Waals surface area contributed by atoms with Crippen LogP contribution in [0.1, 0.15) is 6.92 Å². The van der Waals surface area contributed by atoms with Crippen LogP contribution >= 0.6 is 0 Å². The van der Waals surface area contributed by atoms with E-state index >= 15 is 0 Å². The van der Waals surface area contributed by atoms with Crippen molar-refractivity contribution in [2.24, 2.45) is 0 Å². The lowest BCUT2D eigenvalue weighted by atomic mass is 10.1. The van der Waals surface area contributed by atoms with Crippen molar-refractivity contribution < 1.29 is 4.79 Å². The molecule has 10 nitrogen and oxygen atoms in total. The highest BCUT2D eigenvalue weighted by atomic mass is 16.1. The van der Waals surface area contributed by atoms with Gasteiger partial charge in [0.15, 0.2) is 0 Å². The average molecular weight is 441 g/mol. The van der Waals surface area contributed by atoms with Crippen LogP contribution in [-0.2, 0) is 4.79 Å². The lowest BCUT2D eigenvalue weighted by Crippen LogP contribution is -2.43. The molecule has 4 aromatic rings. The van der Waals surface area contributed by atoms with E-state index in [0.717, 1.165) is 43.1 Å². The van der Waals surface area contributed by atoms with Gasteiger partial charge < -0.3 is 20.9 Å². The Bertz CT molecular complexity index is 1290. The molecule has 4 aromatic heterocycles. The molecule has 0 aliphatic carbocycles. The maximum atomic E-state index is 11.4. The van der Waals surface area contributed by atoms with Gasteiger partial charge in [-0.3, -0.25) is 14.8 Å². The summed E-state index contributed by atoms with van der Waals surface area (Å²) in [5, 5.41) is 10.2. The lowest BCUT2D eigenvalue weighted by Gasteiger charge is -2.28. The number of hydrogen-bond acceptors (Lipinski definition) is 9. The largest absolute Gasteiger partial charge is 0.354 e. The molecular weight excluding hydrogens is 418 g/mol. The maximum absolute atomic E-state index is 11.4. The highest BCUT2D eigenvalue weighted by Crippen LogP contribution is 2.26. The summed E-state index contributed by atoms with van der Waals surface area (Å²) < 4.78 is 0. The molecule has 3 N–H and O–H groups in total. The van der Waals surface area contributed by atoms with E-state index in [2.05, 4.69) is 40.8 Å². The second-order valence-electron chi connectivity index (χ2n) is 7.67. The number of fused-ring (bicyclic) bond motifs is 1. The van der Waals surface area contributed by atoms with Gasteiger partial charge in [0.05, 0.1) is 17.6 Å². The zero-order valence-corrected chi connectivity index (χ0v) is 18.1. The predicted octanol–water partition coefficient (Wildman–Crippen LogP) is 2.59. The Morgan fingerprint density at radius 2 is 1.82 bits per heavy atom. The van der Waals surface area contributed by atoms with Crippen molar-refractivity contribution in [3.05, 3.63) is 55.1 Å². The van der Waals surface area contributed by atoms with Crippen LogP contribution in [0.3, 0.4) is 0 Å². The number of carbonyl (C=O) groups is 1. The minimum atomic E-state index is -0.150. The van der Waals surface area contributed by atoms with E-state index in [1.807, 2.05) is 18.2 Å². The average Bonchev–Trinajstić information content (AvgIpc) is 2.84. The second kappa shape index (κ2) is 9.13. The van der Waals surface area contributed by atoms with Gasteiger partial charge in [-0.1, -0.05) is 0 Å². The van der Waals surface area contributed by atoms with Crippen LogP contribution in [-0.4, -0.2) is 57.0 Å². The number of piperazine rings is 1. The topological polar surface area (TPSA) is 121 Å². The zero-order chi connectivity index (χ0) is 22.6. The molecule has 0 unspecified atom stereocenters. The highest BCUT2D eigenvalue weighted by Gasteiger charge is 2.13. The number of amides is 1. The van der Waals surface area contributed by atoms with Gasteiger partial charge in [0, 0.05) is 62.8 Å². The van der Waals surface area contributed by atoms with Crippen LogP contribution < -0.4 is 20.9 Å². The minimum Gasteiger partial charge on any atom is -0.354 e. The van der Waals surface area contributed by atoms with Gasteiger partial charge in [0.2, 0.25) is 11.9 Å². The number of hydrogen-bond donors (Lipinski definition) is 3. The molecule has 1 saturated heterocycles. The Labute approximate surface area is 190 Å². The molecule has 0 atom stereocenters. The van der Waals surface area contributed by atoms with E-state index in [4.69, 9.17) is 4.98 Å². The fourth-order valence-corrected chi connectivity index (χ4v) is 3.71. The smallest absolute Gasteiger partial charge is 0.227 e. The van der Waals surface area contributed by atoms with E-state index in [1.54, 1.807) is 36.9 Å². The van der Waals surface area contributed by atoms with Gasteiger partial charge >= 0.3 is 0 Å². The standard InChI is InChI=1S/C23H23N9O/c1-15(33)29-17-5-7-25-19(12-17)22-21-16(4-6-26-22)13-28-23(31-21)30-18-2-3-20(27-14-18)32-10-8-24-9-11-32/h2-7,12-14,24H,8-11H2,1H3,(H,25,29,33)(H,28,30,31). The summed E-state index contributed by atoms with van der Waals surface area (Å²) in [6.45, 7) is 5.28. The fraction of sp³-hybridized carbons (Fsp3) is 0.217. The first kappa shape index (κ1) is 20.7. The summed E-state index contributed by atoms with van der Waals surface area (Å²) in [4.78, 5) is 36.3. The minimum absolute atomic E-state index is 0.150. The molecule has 5 heterocycles. The third-order valence-corrected chi connectivity index (χ3v) is 5.27. The third-order valence-electron chi connectivity index (χ3n) is 5.27. The summed E-state index contributed by atoms with van der Waals surface area (Å²) in [6.07, 6.45) is 6.86. The Morgan fingerprint density at radius 1 is 0.970 bits per heavy atom. The third kappa shape index (κ3) is 4.70. The molecule has 0 aromatic carbocycles. The van der Waals surface area contributed by atoms with E-state index in [0.29, 0.717) is 28.5 Å². The normalized spacial score (nSPS) is 13.7. The van der Waals surface area contributed by atoms with Crippen LogP contribution in [0.2, 0.25) is 0 Å². The Balaban J connectivity index is 1.42. The van der Waals surface area contributed by atoms with Gasteiger partial charge in [0.25, 0.3) is 0 Å². The van der Waals surface area contributed by atoms with Crippen LogP contribution in [0.4, 0.5) is 23.1 Å². The molecule has 0 bridgehead atoms. The first-order valence-electron chi connectivity index (χ1n) is 10.7. The molecule has 33 heavy (non-hydrogen) atoms. The molecule has 166 valence electrons. The summed E-state index contributed by atoms with van der Waals surface area (Å²) in [5.74, 6) is 1.24. The molecular formula is C23H23N9O. The Hall–Kier alpha value is -4.18. The SMILES string of the molecule is CC(=O)Nc1ccnc(-c2nccc3cnc(Nc4ccc(N5CCNCC5)nc4)nc23)c1. The van der Waals surface area contributed by atoms with Crippen molar-refractivity contribution in [1.29, 1.82) is 0 Å². The van der Waals surface area contributed by atoms with E-state index in [9.17, 15) is 4.79 Å². The molecule has 10 heteroatoms. The summed E-state index contributed by atoms with van der Waals surface area (Å²) in [6, 6.07) is 9.33. The van der Waals surface area contributed by atoms with Gasteiger partial charge in [-0.15, -0.1) is 0 Å². The number of nitrogens with zero attached hydrogens (tertiary/aromatic N) is 6. The van der Waals surface area contributed by atoms with Gasteiger partial charge in [-0.25, -0.2) is 15.0 Å². The number of rotatable bonds is 5. The number of aromatic nitrogens is 5. The lowest BCUT2D eigenvalue weighted by molar-refractivity contribution is -0.114. The van der Waals surface area contributed by atoms with Crippen LogP contribution in [0, 0.1) is 0 Å². The van der Waals surface area contributed by atoms with Crippen LogP contribution in [0.25, 0.3) is 22.3 Å². The van der Waals surface area contributed by atoms with Crippen molar-refractivity contribution in [1.82, 2.24) is 30.2 Å². The summed E-state index contributed by atoms with van der Waals surface area (Å²) >= 11 is 0. The summed E-state index contributed by atoms with van der Waals surface area (Å²) in [5.41, 5.74) is 3.32. The Morgan fingerprint density at radius 3 is 2.61 bits per heavy atom. The summed E-state index contributed by atoms with van der Waals surface area (Å²) in [7, 11) is 0. The van der Waals surface area contributed by atoms with E-state index in [-0.39, 0.29) is 5.91 Å². The van der Waals surface area contributed by atoms with Crippen molar-refractivity contribution in [2.45, 2.75) is 6.92 Å². The van der Waals surface area contributed by atoms with E-state index < -0.39 is 0 Å². The zero-order valence-electron chi connectivity index (χ0n) is 18.1. The molecule has 1 aliphatic rings. The first-order chi connectivity index (χ1) is 16.2. The molecule has 0 spiro atoms. The van der Waals surface area contributed by atoms with Crippen molar-refractivity contribution in [3.8, 4) is 11.4 Å². The van der Waals surface area contributed by atoms with E-state index in [1.165, 1.54) is 6.92 Å². The number of anilines is 4. The second-order valence-corrected chi connectivity index (χ2v) is 7.67. The van der Waals surface area contributed by atoms with Crippen LogP contribution in [0.5, 0.6) is 0 Å². The van der Waals surface area contributed by atoms with Crippen molar-refractivity contribution >= 4 is 40.0 Å². The molecule has 0 radical (unpaired) electrons. The predicted molar refractivity (Wildman–Crippen MR) is 127 cm³/mol. The van der Waals surface area contributed by atoms with Crippen molar-refractivity contribution in [3.63, 3.8) is 0 Å². The number of nitrogens with one attached hydrogen (secondary N) is 3. The number of carbonyl (C=O) groups excluding carboxylic acids is 1. The van der Waals surface area contributed by atoms with Crippen molar-refractivity contribution in [2.75, 3.05) is 41.7 Å². The quantitative estimate of drug-likeness (QED) is 0.429. The number of pyridine rings is 3. The molecule has 1 fully saturated rings. The Kier molecular flexibility index (Phi) is 5.73.